The van der Waals surface area contributed by atoms with Gasteiger partial charge in [-0.3, -0.25) is 4.79 Å². The van der Waals surface area contributed by atoms with E-state index in [0.29, 0.717) is 16.1 Å². The van der Waals surface area contributed by atoms with Crippen LogP contribution in [-0.2, 0) is 5.75 Å². The lowest BCUT2D eigenvalue weighted by Gasteiger charge is -2.01. The molecule has 0 saturated heterocycles. The van der Waals surface area contributed by atoms with Crippen LogP contribution in [0.2, 0.25) is 0 Å². The highest BCUT2D eigenvalue weighted by atomic mass is 79.9. The molecule has 0 unspecified atom stereocenters. The summed E-state index contributed by atoms with van der Waals surface area (Å²) in [6.07, 6.45) is 3.91. The molecule has 0 atom stereocenters. The van der Waals surface area contributed by atoms with Crippen LogP contribution in [-0.4, -0.2) is 5.78 Å². The summed E-state index contributed by atoms with van der Waals surface area (Å²) >= 11 is 6.58. The Morgan fingerprint density at radius 1 is 0.967 bits per heavy atom. The number of nitrogens with two attached hydrogens (primary N) is 1. The molecule has 0 aliphatic rings. The van der Waals surface area contributed by atoms with Gasteiger partial charge in [-0.2, -0.15) is 4.57 Å². The number of nitrogen functional groups attached to an aromatic ring is 1. The smallest absolute Gasteiger partial charge is 0.259 e. The Balaban J connectivity index is 0.00000256. The summed E-state index contributed by atoms with van der Waals surface area (Å²) in [6, 6.07) is 23.5. The van der Waals surface area contributed by atoms with E-state index in [4.69, 9.17) is 5.73 Å². The molecule has 30 heavy (non-hydrogen) atoms. The van der Waals surface area contributed by atoms with Gasteiger partial charge in [-0.15, -0.1) is 23.1 Å². The van der Waals surface area contributed by atoms with Gasteiger partial charge in [0.05, 0.1) is 0 Å². The molecular weight excluding hydrogens is 544 g/mol. The molecule has 0 aliphatic carbocycles. The molecule has 2 aromatic carbocycles. The molecule has 0 fully saturated rings. The van der Waals surface area contributed by atoms with Gasteiger partial charge in [0.1, 0.15) is 14.8 Å². The maximum Gasteiger partial charge on any atom is 0.259 e. The molecule has 0 aliphatic heterocycles. The lowest BCUT2D eigenvalue weighted by Crippen LogP contribution is -3.00. The summed E-state index contributed by atoms with van der Waals surface area (Å²) in [4.78, 5) is 13.7. The average molecular weight is 562 g/mol. The Labute approximate surface area is 202 Å². The van der Waals surface area contributed by atoms with Crippen molar-refractivity contribution in [3.8, 4) is 5.69 Å². The lowest BCUT2D eigenvalue weighted by molar-refractivity contribution is -0.596. The summed E-state index contributed by atoms with van der Waals surface area (Å²) < 4.78 is 3.95. The van der Waals surface area contributed by atoms with Crippen molar-refractivity contribution in [2.75, 3.05) is 5.73 Å². The van der Waals surface area contributed by atoms with Crippen LogP contribution in [0.4, 0.5) is 5.69 Å². The number of thioether (sulfide) groups is 1. The van der Waals surface area contributed by atoms with Crippen LogP contribution >= 0.6 is 39.0 Å². The molecule has 152 valence electrons. The van der Waals surface area contributed by atoms with Crippen molar-refractivity contribution in [2.45, 2.75) is 9.96 Å². The Morgan fingerprint density at radius 2 is 1.60 bits per heavy atom. The fourth-order valence-corrected chi connectivity index (χ4v) is 5.61. The normalized spacial score (nSPS) is 10.4. The quantitative estimate of drug-likeness (QED) is 0.224. The van der Waals surface area contributed by atoms with Gasteiger partial charge < -0.3 is 22.7 Å². The van der Waals surface area contributed by atoms with Crippen LogP contribution in [0.3, 0.4) is 0 Å². The van der Waals surface area contributed by atoms with Gasteiger partial charge in [0.25, 0.3) is 5.69 Å². The van der Waals surface area contributed by atoms with E-state index < -0.39 is 0 Å². The molecule has 4 aromatic rings. The molecule has 3 nitrogen and oxygen atoms in total. The Bertz CT molecular complexity index is 1130. The van der Waals surface area contributed by atoms with Gasteiger partial charge >= 0.3 is 0 Å². The van der Waals surface area contributed by atoms with E-state index in [9.17, 15) is 4.79 Å². The van der Waals surface area contributed by atoms with E-state index in [2.05, 4.69) is 28.1 Å². The van der Waals surface area contributed by atoms with Crippen molar-refractivity contribution in [3.05, 3.63) is 106 Å². The van der Waals surface area contributed by atoms with Crippen LogP contribution in [0.15, 0.2) is 93.9 Å². The second kappa shape index (κ2) is 10.4. The first-order valence-corrected chi connectivity index (χ1v) is 11.6. The van der Waals surface area contributed by atoms with Gasteiger partial charge in [0.2, 0.25) is 5.78 Å². The summed E-state index contributed by atoms with van der Waals surface area (Å²) in [7, 11) is 0. The number of nitrogens with zero attached hydrogens (tertiary/aromatic N) is 1. The molecule has 0 saturated carbocycles. The molecule has 0 bridgehead atoms. The second-order valence-electron chi connectivity index (χ2n) is 6.37. The summed E-state index contributed by atoms with van der Waals surface area (Å²) in [5.41, 5.74) is 9.78. The van der Waals surface area contributed by atoms with Crippen molar-refractivity contribution < 1.29 is 26.3 Å². The number of benzene rings is 2. The summed E-state index contributed by atoms with van der Waals surface area (Å²) in [5.74, 6) is 0.761. The first-order valence-electron chi connectivity index (χ1n) is 8.99. The number of hydrogen-bond donors (Lipinski definition) is 1. The molecule has 2 aromatic heterocycles. The monoisotopic (exact) mass is 560 g/mol. The van der Waals surface area contributed by atoms with Crippen molar-refractivity contribution >= 4 is 50.5 Å². The number of thiophene rings is 1. The summed E-state index contributed by atoms with van der Waals surface area (Å²) in [5, 5.41) is 0. The predicted octanol–water partition coefficient (Wildman–Crippen LogP) is 2.90. The maximum atomic E-state index is 13.1. The van der Waals surface area contributed by atoms with Gasteiger partial charge in [0, 0.05) is 27.9 Å². The molecular formula is C23H18Br2N2OS2. The van der Waals surface area contributed by atoms with Crippen molar-refractivity contribution in [2.24, 2.45) is 0 Å². The summed E-state index contributed by atoms with van der Waals surface area (Å²) in [6.45, 7) is 0. The van der Waals surface area contributed by atoms with Gasteiger partial charge in [0.15, 0.2) is 12.4 Å². The number of hydrogen-bond acceptors (Lipinski definition) is 4. The zero-order valence-corrected chi connectivity index (χ0v) is 20.6. The third-order valence-electron chi connectivity index (χ3n) is 4.39. The number of ketones is 1. The average Bonchev–Trinajstić information content (AvgIpc) is 3.10. The van der Waals surface area contributed by atoms with Crippen LogP contribution in [0.1, 0.15) is 20.8 Å². The van der Waals surface area contributed by atoms with Crippen molar-refractivity contribution in [3.63, 3.8) is 0 Å². The minimum Gasteiger partial charge on any atom is -1.00 e. The van der Waals surface area contributed by atoms with Crippen LogP contribution in [0.25, 0.3) is 5.69 Å². The minimum absolute atomic E-state index is 0. The highest BCUT2D eigenvalue weighted by molar-refractivity contribution is 9.10. The number of halogens is 2. The maximum absolute atomic E-state index is 13.1. The van der Waals surface area contributed by atoms with E-state index in [1.165, 1.54) is 16.9 Å². The van der Waals surface area contributed by atoms with Gasteiger partial charge in [-0.05, 0) is 29.8 Å². The lowest BCUT2D eigenvalue weighted by atomic mass is 10.1. The van der Waals surface area contributed by atoms with Crippen LogP contribution < -0.4 is 27.3 Å². The highest BCUT2D eigenvalue weighted by Gasteiger charge is 2.28. The number of carbonyl (C=O) groups excluding carboxylic acids is 1. The number of rotatable bonds is 6. The molecule has 0 spiro atoms. The molecule has 2 N–H and O–H groups in total. The third kappa shape index (κ3) is 5.03. The van der Waals surface area contributed by atoms with Gasteiger partial charge in [-0.25, -0.2) is 0 Å². The third-order valence-corrected chi connectivity index (χ3v) is 7.44. The number of pyridine rings is 1. The second-order valence-corrected chi connectivity index (χ2v) is 9.55. The fraction of sp³-hybridized carbons (Fsp3) is 0.0435. The fourth-order valence-electron chi connectivity index (χ4n) is 2.93. The first-order chi connectivity index (χ1) is 14.1. The van der Waals surface area contributed by atoms with E-state index in [1.807, 2.05) is 77.6 Å². The molecule has 2 heterocycles. The molecule has 0 radical (unpaired) electrons. The zero-order chi connectivity index (χ0) is 20.2. The largest absolute Gasteiger partial charge is 1.00 e. The Kier molecular flexibility index (Phi) is 7.88. The Morgan fingerprint density at radius 3 is 2.27 bits per heavy atom. The molecule has 4 rings (SSSR count). The van der Waals surface area contributed by atoms with E-state index in [1.54, 1.807) is 11.8 Å². The topological polar surface area (TPSA) is 47.0 Å². The van der Waals surface area contributed by atoms with Gasteiger partial charge in [-0.1, -0.05) is 52.3 Å². The molecule has 7 heteroatoms. The van der Waals surface area contributed by atoms with E-state index in [0.717, 1.165) is 20.1 Å². The SMILES string of the molecule is Nc1c(C(=O)c2ccc(Br)cc2)sc(SCc2ccccc2)c1-[n+]1ccccc1.[Br-]. The molecule has 0 amide bonds. The highest BCUT2D eigenvalue weighted by Crippen LogP contribution is 2.40. The minimum atomic E-state index is -0.0515. The van der Waals surface area contributed by atoms with Crippen molar-refractivity contribution in [1.82, 2.24) is 0 Å². The Hall–Kier alpha value is -1.93. The number of carbonyl (C=O) groups is 1. The first kappa shape index (κ1) is 22.7. The zero-order valence-electron chi connectivity index (χ0n) is 15.8. The number of aromatic nitrogens is 1. The van der Waals surface area contributed by atoms with Crippen LogP contribution in [0, 0.1) is 0 Å². The van der Waals surface area contributed by atoms with Crippen molar-refractivity contribution in [1.29, 1.82) is 0 Å². The predicted molar refractivity (Wildman–Crippen MR) is 124 cm³/mol. The number of anilines is 1. The van der Waals surface area contributed by atoms with E-state index in [-0.39, 0.29) is 22.8 Å². The standard InChI is InChI=1S/C23H17BrN2OS2.BrH/c24-18-11-9-17(10-12-18)21(27)22-19(25)20(26-13-5-2-6-14-26)23(29-22)28-15-16-7-3-1-4-8-16;/h1-14H,15H2,(H-,25,27);1H. The van der Waals surface area contributed by atoms with Crippen LogP contribution in [0.5, 0.6) is 0 Å². The van der Waals surface area contributed by atoms with E-state index >= 15 is 0 Å².